The van der Waals surface area contributed by atoms with Crippen LogP contribution in [0.25, 0.3) is 0 Å². The number of carbonyl (C=O) groups excluding carboxylic acids is 2. The molecule has 1 aliphatic rings. The number of fused-ring (bicyclic) bond motifs is 1. The van der Waals surface area contributed by atoms with Crippen LogP contribution in [0.5, 0.6) is 11.8 Å². The van der Waals surface area contributed by atoms with Gasteiger partial charge in [0.05, 0.1) is 11.3 Å². The molecule has 0 saturated carbocycles. The summed E-state index contributed by atoms with van der Waals surface area (Å²) in [6, 6.07) is 22.7. The van der Waals surface area contributed by atoms with E-state index in [4.69, 9.17) is 4.74 Å². The Labute approximate surface area is 213 Å². The zero-order valence-electron chi connectivity index (χ0n) is 19.7. The molecule has 0 aliphatic carbocycles. The Kier molecular flexibility index (Phi) is 6.95. The van der Waals surface area contributed by atoms with E-state index in [1.807, 2.05) is 54.3 Å². The molecule has 2 heterocycles. The smallest absolute Gasteiger partial charge is 0.321 e. The minimum Gasteiger partial charge on any atom is -0.424 e. The largest absolute Gasteiger partial charge is 0.424 e. The van der Waals surface area contributed by atoms with Gasteiger partial charge in [-0.3, -0.25) is 9.59 Å². The molecule has 0 fully saturated rings. The number of aromatic nitrogens is 2. The molecule has 1 aliphatic heterocycles. The molecule has 0 radical (unpaired) electrons. The van der Waals surface area contributed by atoms with Crippen LogP contribution in [0.2, 0.25) is 0 Å². The molecule has 0 spiro atoms. The van der Waals surface area contributed by atoms with Crippen molar-refractivity contribution in [2.75, 3.05) is 22.5 Å². The second kappa shape index (κ2) is 10.6. The van der Waals surface area contributed by atoms with Gasteiger partial charge in [-0.15, -0.1) is 11.8 Å². The third kappa shape index (κ3) is 5.23. The Morgan fingerprint density at radius 3 is 2.61 bits per heavy atom. The zero-order valence-corrected chi connectivity index (χ0v) is 20.5. The summed E-state index contributed by atoms with van der Waals surface area (Å²) in [4.78, 5) is 36.8. The van der Waals surface area contributed by atoms with E-state index in [1.54, 1.807) is 36.7 Å². The predicted octanol–water partition coefficient (Wildman–Crippen LogP) is 5.51. The minimum atomic E-state index is -0.236. The normalized spacial score (nSPS) is 12.2. The van der Waals surface area contributed by atoms with Crippen molar-refractivity contribution in [1.29, 1.82) is 0 Å². The molecule has 5 rings (SSSR count). The van der Waals surface area contributed by atoms with E-state index in [-0.39, 0.29) is 23.6 Å². The molecule has 0 unspecified atom stereocenters. The molecular formula is C28H24N4O3S. The minimum absolute atomic E-state index is 0.0361. The quantitative estimate of drug-likeness (QED) is 0.340. The van der Waals surface area contributed by atoms with Crippen LogP contribution < -0.4 is 15.0 Å². The van der Waals surface area contributed by atoms with Crippen LogP contribution in [0.3, 0.4) is 0 Å². The summed E-state index contributed by atoms with van der Waals surface area (Å²) in [5, 5.41) is 2.98. The van der Waals surface area contributed by atoms with Crippen molar-refractivity contribution in [2.24, 2.45) is 0 Å². The summed E-state index contributed by atoms with van der Waals surface area (Å²) >= 11 is 1.38. The predicted molar refractivity (Wildman–Crippen MR) is 141 cm³/mol. The average molecular weight is 497 g/mol. The molecule has 4 aromatic rings. The standard InChI is InChI=1S/C28H24N4O3S/c1-19-17-21(35-28-29-14-6-15-30-28)11-12-23(19)31-27(34)22-8-3-5-10-25(22)36-18-26(33)32-16-13-20-7-2-4-9-24(20)32/h2-12,14-15,17H,13,16,18H2,1H3,(H,31,34). The van der Waals surface area contributed by atoms with Gasteiger partial charge in [0.15, 0.2) is 0 Å². The SMILES string of the molecule is Cc1cc(Oc2ncccn2)ccc1NC(=O)c1ccccc1SCC(=O)N1CCc2ccccc21. The first-order valence-electron chi connectivity index (χ1n) is 11.6. The van der Waals surface area contributed by atoms with Crippen molar-refractivity contribution in [2.45, 2.75) is 18.2 Å². The summed E-state index contributed by atoms with van der Waals surface area (Å²) in [5.74, 6) is 0.634. The Balaban J connectivity index is 1.25. The molecule has 2 amide bonds. The highest BCUT2D eigenvalue weighted by Crippen LogP contribution is 2.30. The van der Waals surface area contributed by atoms with Gasteiger partial charge in [-0.25, -0.2) is 9.97 Å². The third-order valence-electron chi connectivity index (χ3n) is 5.87. The third-order valence-corrected chi connectivity index (χ3v) is 6.93. The monoisotopic (exact) mass is 496 g/mol. The zero-order chi connectivity index (χ0) is 24.9. The van der Waals surface area contributed by atoms with E-state index >= 15 is 0 Å². The van der Waals surface area contributed by atoms with Gasteiger partial charge in [-0.05, 0) is 66.9 Å². The molecule has 0 saturated heterocycles. The number of amides is 2. The lowest BCUT2D eigenvalue weighted by molar-refractivity contribution is -0.116. The average Bonchev–Trinajstić information content (AvgIpc) is 3.34. The van der Waals surface area contributed by atoms with E-state index in [0.29, 0.717) is 23.5 Å². The van der Waals surface area contributed by atoms with Gasteiger partial charge in [0, 0.05) is 35.2 Å². The van der Waals surface area contributed by atoms with Crippen LogP contribution in [0.15, 0.2) is 90.1 Å². The molecule has 0 atom stereocenters. The lowest BCUT2D eigenvalue weighted by atomic mass is 10.1. The van der Waals surface area contributed by atoms with Crippen LogP contribution in [-0.4, -0.2) is 34.1 Å². The van der Waals surface area contributed by atoms with Gasteiger partial charge in [-0.1, -0.05) is 30.3 Å². The number of hydrogen-bond donors (Lipinski definition) is 1. The van der Waals surface area contributed by atoms with Crippen molar-refractivity contribution in [3.63, 3.8) is 0 Å². The van der Waals surface area contributed by atoms with Gasteiger partial charge in [0.25, 0.3) is 5.91 Å². The highest BCUT2D eigenvalue weighted by molar-refractivity contribution is 8.00. The topological polar surface area (TPSA) is 84.4 Å². The number of nitrogens with zero attached hydrogens (tertiary/aromatic N) is 3. The second-order valence-corrected chi connectivity index (χ2v) is 9.29. The summed E-state index contributed by atoms with van der Waals surface area (Å²) < 4.78 is 5.67. The molecule has 0 bridgehead atoms. The van der Waals surface area contributed by atoms with Crippen molar-refractivity contribution in [3.8, 4) is 11.8 Å². The molecule has 1 N–H and O–H groups in total. The summed E-state index contributed by atoms with van der Waals surface area (Å²) in [7, 11) is 0. The Morgan fingerprint density at radius 1 is 1.00 bits per heavy atom. The fourth-order valence-corrected chi connectivity index (χ4v) is 4.99. The first-order chi connectivity index (χ1) is 17.6. The number of nitrogens with one attached hydrogen (secondary N) is 1. The lowest BCUT2D eigenvalue weighted by Crippen LogP contribution is -2.30. The number of thioether (sulfide) groups is 1. The highest BCUT2D eigenvalue weighted by atomic mass is 32.2. The fraction of sp³-hybridized carbons (Fsp3) is 0.143. The van der Waals surface area contributed by atoms with Gasteiger partial charge in [-0.2, -0.15) is 0 Å². The maximum Gasteiger partial charge on any atom is 0.321 e. The number of aryl methyl sites for hydroxylation is 1. The van der Waals surface area contributed by atoms with Crippen LogP contribution in [0.1, 0.15) is 21.5 Å². The van der Waals surface area contributed by atoms with Crippen molar-refractivity contribution >= 4 is 35.0 Å². The lowest BCUT2D eigenvalue weighted by Gasteiger charge is -2.17. The molecule has 180 valence electrons. The van der Waals surface area contributed by atoms with Crippen molar-refractivity contribution in [3.05, 3.63) is 102 Å². The highest BCUT2D eigenvalue weighted by Gasteiger charge is 2.24. The van der Waals surface area contributed by atoms with Crippen LogP contribution in [0, 0.1) is 6.92 Å². The Morgan fingerprint density at radius 2 is 1.78 bits per heavy atom. The Hall–Kier alpha value is -4.17. The van der Waals surface area contributed by atoms with Gasteiger partial charge in [0.2, 0.25) is 5.91 Å². The first kappa shape index (κ1) is 23.6. The van der Waals surface area contributed by atoms with E-state index in [2.05, 4.69) is 21.4 Å². The number of carbonyl (C=O) groups is 2. The van der Waals surface area contributed by atoms with E-state index in [9.17, 15) is 9.59 Å². The number of rotatable bonds is 7. The number of ether oxygens (including phenoxy) is 1. The van der Waals surface area contributed by atoms with E-state index < -0.39 is 0 Å². The number of para-hydroxylation sites is 1. The molecule has 1 aromatic heterocycles. The van der Waals surface area contributed by atoms with Crippen LogP contribution in [-0.2, 0) is 11.2 Å². The molecule has 8 heteroatoms. The van der Waals surface area contributed by atoms with Crippen LogP contribution >= 0.6 is 11.8 Å². The maximum absolute atomic E-state index is 13.2. The molecular weight excluding hydrogens is 472 g/mol. The van der Waals surface area contributed by atoms with E-state index in [0.717, 1.165) is 22.6 Å². The fourth-order valence-electron chi connectivity index (χ4n) is 4.07. The van der Waals surface area contributed by atoms with Crippen molar-refractivity contribution < 1.29 is 14.3 Å². The molecule has 7 nitrogen and oxygen atoms in total. The van der Waals surface area contributed by atoms with Gasteiger partial charge >= 0.3 is 6.01 Å². The maximum atomic E-state index is 13.2. The van der Waals surface area contributed by atoms with Gasteiger partial charge < -0.3 is 15.0 Å². The Bertz CT molecular complexity index is 1410. The van der Waals surface area contributed by atoms with Crippen molar-refractivity contribution in [1.82, 2.24) is 9.97 Å². The van der Waals surface area contributed by atoms with Crippen LogP contribution in [0.4, 0.5) is 11.4 Å². The number of benzene rings is 3. The number of anilines is 2. The summed E-state index contributed by atoms with van der Waals surface area (Å²) in [6.07, 6.45) is 4.08. The summed E-state index contributed by atoms with van der Waals surface area (Å²) in [5.41, 5.74) is 4.21. The number of hydrogen-bond acceptors (Lipinski definition) is 6. The molecule has 3 aromatic carbocycles. The van der Waals surface area contributed by atoms with E-state index in [1.165, 1.54) is 17.3 Å². The molecule has 36 heavy (non-hydrogen) atoms. The first-order valence-corrected chi connectivity index (χ1v) is 12.5. The second-order valence-electron chi connectivity index (χ2n) is 8.27. The summed E-state index contributed by atoms with van der Waals surface area (Å²) in [6.45, 7) is 2.58. The van der Waals surface area contributed by atoms with Gasteiger partial charge in [0.1, 0.15) is 5.75 Å².